The van der Waals surface area contributed by atoms with Crippen molar-refractivity contribution in [2.24, 2.45) is 34.5 Å². The molecule has 0 radical (unpaired) electrons. The molecule has 5 heteroatoms. The Kier molecular flexibility index (Phi) is 5.33. The molecular weight excluding hydrogens is 368 g/mol. The minimum atomic E-state index is -0.237. The lowest BCUT2D eigenvalue weighted by Gasteiger charge is -2.57. The van der Waals surface area contributed by atoms with E-state index in [9.17, 15) is 14.7 Å². The molecule has 0 heterocycles. The van der Waals surface area contributed by atoms with Crippen LogP contribution in [0.1, 0.15) is 72.6 Å². The molecule has 0 spiro atoms. The van der Waals surface area contributed by atoms with Crippen LogP contribution in [0.3, 0.4) is 0 Å². The number of allylic oxidation sites excluding steroid dienone is 1. The summed E-state index contributed by atoms with van der Waals surface area (Å²) in [4.78, 5) is 23.2. The summed E-state index contributed by atoms with van der Waals surface area (Å²) in [5.41, 5.74) is 1.61. The molecule has 162 valence electrons. The van der Waals surface area contributed by atoms with Gasteiger partial charge in [-0.2, -0.15) is 0 Å². The Hall–Kier alpha value is -1.36. The van der Waals surface area contributed by atoms with Crippen LogP contribution >= 0.6 is 0 Å². The van der Waals surface area contributed by atoms with Crippen molar-refractivity contribution < 1.29 is 24.2 Å². The summed E-state index contributed by atoms with van der Waals surface area (Å²) in [7, 11) is 0. The minimum absolute atomic E-state index is 0.0239. The highest BCUT2D eigenvalue weighted by molar-refractivity contribution is 5.66. The molecule has 3 saturated carbocycles. The Balaban J connectivity index is 1.59. The molecule has 0 aromatic heterocycles. The fourth-order valence-electron chi connectivity index (χ4n) is 7.68. The molecule has 0 amide bonds. The number of hydrogen-bond donors (Lipinski definition) is 1. The topological polar surface area (TPSA) is 72.8 Å². The highest BCUT2D eigenvalue weighted by atomic mass is 16.5. The van der Waals surface area contributed by atoms with Crippen LogP contribution in [0.25, 0.3) is 0 Å². The Morgan fingerprint density at radius 2 is 1.83 bits per heavy atom. The van der Waals surface area contributed by atoms with Crippen LogP contribution in [0, 0.1) is 34.5 Å². The number of rotatable bonds is 3. The summed E-state index contributed by atoms with van der Waals surface area (Å²) in [5.74, 6) is 1.30. The first-order chi connectivity index (χ1) is 13.7. The van der Waals surface area contributed by atoms with Crippen molar-refractivity contribution in [3.05, 3.63) is 11.6 Å². The number of aliphatic hydroxyl groups is 1. The zero-order valence-electron chi connectivity index (χ0n) is 18.3. The maximum atomic E-state index is 11.8. The van der Waals surface area contributed by atoms with E-state index in [0.717, 1.165) is 44.9 Å². The predicted octanol–water partition coefficient (Wildman–Crippen LogP) is 4.03. The summed E-state index contributed by atoms with van der Waals surface area (Å²) < 4.78 is 11.3. The van der Waals surface area contributed by atoms with E-state index in [4.69, 9.17) is 9.47 Å². The molecule has 0 bridgehead atoms. The molecule has 0 aromatic carbocycles. The van der Waals surface area contributed by atoms with Crippen molar-refractivity contribution in [1.82, 2.24) is 0 Å². The standard InChI is InChI=1S/C24H36O5/c1-14(26)28-18-7-9-23(3)17(12-18)5-6-19-20(23)8-10-24(4)21(19)11-16(13-25)22(24)29-15(2)27/h5,16,18-22,25H,6-13H2,1-4H3/t16-,18-,19+,20-,21-,22-,23-,24-/m0/s1. The van der Waals surface area contributed by atoms with Crippen LogP contribution in [0.2, 0.25) is 0 Å². The van der Waals surface area contributed by atoms with E-state index in [-0.39, 0.29) is 47.5 Å². The van der Waals surface area contributed by atoms with Gasteiger partial charge in [0.1, 0.15) is 12.2 Å². The fraction of sp³-hybridized carbons (Fsp3) is 0.833. The summed E-state index contributed by atoms with van der Waals surface area (Å²) in [5, 5.41) is 10.0. The van der Waals surface area contributed by atoms with Crippen LogP contribution in [-0.4, -0.2) is 35.9 Å². The molecular formula is C24H36O5. The second kappa shape index (κ2) is 7.40. The van der Waals surface area contributed by atoms with Gasteiger partial charge in [0, 0.05) is 38.2 Å². The van der Waals surface area contributed by atoms with Gasteiger partial charge < -0.3 is 14.6 Å². The molecule has 0 aromatic rings. The SMILES string of the molecule is CC(=O)O[C@H]1CC[C@@]2(C)C(=CC[C@H]3[C@@H]4C[C@@H](CO)[C@H](OC(C)=O)[C@@]4(C)CC[C@@H]32)C1. The highest BCUT2D eigenvalue weighted by Crippen LogP contribution is 2.66. The van der Waals surface area contributed by atoms with E-state index >= 15 is 0 Å². The zero-order valence-corrected chi connectivity index (χ0v) is 18.3. The van der Waals surface area contributed by atoms with Crippen molar-refractivity contribution in [3.8, 4) is 0 Å². The molecule has 4 aliphatic carbocycles. The van der Waals surface area contributed by atoms with E-state index in [1.165, 1.54) is 19.4 Å². The number of aliphatic hydroxyl groups excluding tert-OH is 1. The van der Waals surface area contributed by atoms with Crippen LogP contribution < -0.4 is 0 Å². The van der Waals surface area contributed by atoms with Crippen molar-refractivity contribution in [3.63, 3.8) is 0 Å². The van der Waals surface area contributed by atoms with E-state index in [0.29, 0.717) is 17.8 Å². The van der Waals surface area contributed by atoms with Crippen LogP contribution in [-0.2, 0) is 19.1 Å². The lowest BCUT2D eigenvalue weighted by molar-refractivity contribution is -0.160. The molecule has 0 aliphatic heterocycles. The van der Waals surface area contributed by atoms with Gasteiger partial charge >= 0.3 is 11.9 Å². The Morgan fingerprint density at radius 1 is 1.10 bits per heavy atom. The van der Waals surface area contributed by atoms with Gasteiger partial charge in [0.2, 0.25) is 0 Å². The smallest absolute Gasteiger partial charge is 0.302 e. The summed E-state index contributed by atoms with van der Waals surface area (Å²) in [6.45, 7) is 7.78. The van der Waals surface area contributed by atoms with Gasteiger partial charge in [0.05, 0.1) is 0 Å². The number of fused-ring (bicyclic) bond motifs is 5. The Morgan fingerprint density at radius 3 is 2.48 bits per heavy atom. The zero-order chi connectivity index (χ0) is 21.0. The molecule has 3 fully saturated rings. The molecule has 0 saturated heterocycles. The van der Waals surface area contributed by atoms with Gasteiger partial charge in [-0.05, 0) is 61.7 Å². The molecule has 4 rings (SSSR count). The second-order valence-electron chi connectivity index (χ2n) is 10.5. The van der Waals surface area contributed by atoms with Crippen molar-refractivity contribution in [1.29, 1.82) is 0 Å². The number of hydrogen-bond acceptors (Lipinski definition) is 5. The third-order valence-electron chi connectivity index (χ3n) is 8.99. The number of esters is 2. The van der Waals surface area contributed by atoms with E-state index in [1.54, 1.807) is 0 Å². The lowest BCUT2D eigenvalue weighted by atomic mass is 9.48. The molecule has 0 unspecified atom stereocenters. The first-order valence-electron chi connectivity index (χ1n) is 11.3. The Bertz CT molecular complexity index is 714. The largest absolute Gasteiger partial charge is 0.462 e. The molecule has 4 aliphatic rings. The van der Waals surface area contributed by atoms with Gasteiger partial charge in [-0.3, -0.25) is 9.59 Å². The van der Waals surface area contributed by atoms with Gasteiger partial charge in [-0.15, -0.1) is 0 Å². The molecule has 1 N–H and O–H groups in total. The normalized spacial score (nSPS) is 46.0. The van der Waals surface area contributed by atoms with Crippen molar-refractivity contribution in [2.45, 2.75) is 84.8 Å². The van der Waals surface area contributed by atoms with Gasteiger partial charge in [-0.25, -0.2) is 0 Å². The van der Waals surface area contributed by atoms with E-state index < -0.39 is 0 Å². The summed E-state index contributed by atoms with van der Waals surface area (Å²) >= 11 is 0. The quantitative estimate of drug-likeness (QED) is 0.568. The first-order valence-corrected chi connectivity index (χ1v) is 11.3. The maximum absolute atomic E-state index is 11.8. The average molecular weight is 405 g/mol. The fourth-order valence-corrected chi connectivity index (χ4v) is 7.68. The van der Waals surface area contributed by atoms with Crippen LogP contribution in [0.5, 0.6) is 0 Å². The third kappa shape index (κ3) is 3.34. The van der Waals surface area contributed by atoms with Gasteiger partial charge in [0.25, 0.3) is 0 Å². The maximum Gasteiger partial charge on any atom is 0.302 e. The predicted molar refractivity (Wildman–Crippen MR) is 109 cm³/mol. The average Bonchev–Trinajstić information content (AvgIpc) is 2.93. The third-order valence-corrected chi connectivity index (χ3v) is 8.99. The second-order valence-corrected chi connectivity index (χ2v) is 10.5. The Labute approximate surface area is 174 Å². The summed E-state index contributed by atoms with van der Waals surface area (Å²) in [6, 6.07) is 0. The van der Waals surface area contributed by atoms with Gasteiger partial charge in [-0.1, -0.05) is 25.5 Å². The number of carbonyl (C=O) groups is 2. The molecule has 5 nitrogen and oxygen atoms in total. The summed E-state index contributed by atoms with van der Waals surface area (Å²) in [6.07, 6.45) is 9.33. The minimum Gasteiger partial charge on any atom is -0.462 e. The lowest BCUT2D eigenvalue weighted by Crippen LogP contribution is -2.52. The van der Waals surface area contributed by atoms with Crippen molar-refractivity contribution >= 4 is 11.9 Å². The number of ether oxygens (including phenoxy) is 2. The van der Waals surface area contributed by atoms with Crippen molar-refractivity contribution in [2.75, 3.05) is 6.61 Å². The molecule has 8 atom stereocenters. The highest BCUT2D eigenvalue weighted by Gasteiger charge is 2.62. The van der Waals surface area contributed by atoms with Crippen LogP contribution in [0.4, 0.5) is 0 Å². The van der Waals surface area contributed by atoms with Crippen LogP contribution in [0.15, 0.2) is 11.6 Å². The van der Waals surface area contributed by atoms with E-state index in [1.807, 2.05) is 0 Å². The molecule has 29 heavy (non-hydrogen) atoms. The monoisotopic (exact) mass is 404 g/mol. The first kappa shape index (κ1) is 20.9. The number of carbonyl (C=O) groups excluding carboxylic acids is 2. The van der Waals surface area contributed by atoms with E-state index in [2.05, 4.69) is 19.9 Å². The van der Waals surface area contributed by atoms with Gasteiger partial charge in [0.15, 0.2) is 0 Å².